The van der Waals surface area contributed by atoms with E-state index in [1.807, 2.05) is 0 Å². The summed E-state index contributed by atoms with van der Waals surface area (Å²) in [6.07, 6.45) is 3.37. The molecule has 0 bridgehead atoms. The monoisotopic (exact) mass is 286 g/mol. The first-order valence-electron chi connectivity index (χ1n) is 4.93. The van der Waals surface area contributed by atoms with Gasteiger partial charge in [0.15, 0.2) is 0 Å². The van der Waals surface area contributed by atoms with Crippen molar-refractivity contribution < 1.29 is 18.3 Å². The maximum atomic E-state index is 11.9. The second-order valence-corrected chi connectivity index (χ2v) is 6.55. The van der Waals surface area contributed by atoms with Crippen LogP contribution in [0.15, 0.2) is 34.8 Å². The van der Waals surface area contributed by atoms with E-state index < -0.39 is 16.0 Å². The zero-order valence-corrected chi connectivity index (χ0v) is 10.7. The quantitative estimate of drug-likeness (QED) is 0.770. The van der Waals surface area contributed by atoms with Crippen LogP contribution in [0.3, 0.4) is 0 Å². The van der Waals surface area contributed by atoms with Crippen LogP contribution in [0.4, 0.5) is 0 Å². The molecule has 0 unspecified atom stereocenters. The second-order valence-electron chi connectivity index (χ2n) is 3.47. The third kappa shape index (κ3) is 2.78. The maximum Gasteiger partial charge on any atom is 0.345 e. The van der Waals surface area contributed by atoms with Crippen LogP contribution in [0.25, 0.3) is 0 Å². The Morgan fingerprint density at radius 3 is 2.72 bits per heavy atom. The molecule has 0 spiro atoms. The number of hydrogen-bond donors (Lipinski definition) is 3. The van der Waals surface area contributed by atoms with Gasteiger partial charge in [-0.3, -0.25) is 0 Å². The molecule has 0 aliphatic carbocycles. The van der Waals surface area contributed by atoms with Crippen LogP contribution in [-0.2, 0) is 16.6 Å². The molecular weight excluding hydrogens is 276 g/mol. The predicted molar refractivity (Wildman–Crippen MR) is 66.1 cm³/mol. The number of hydrogen-bond acceptors (Lipinski definition) is 4. The maximum absolute atomic E-state index is 11.9. The minimum absolute atomic E-state index is 0.00276. The van der Waals surface area contributed by atoms with Gasteiger partial charge in [0.05, 0.1) is 0 Å². The van der Waals surface area contributed by atoms with Crippen molar-refractivity contribution in [3.8, 4) is 0 Å². The van der Waals surface area contributed by atoms with Crippen LogP contribution in [0.2, 0.25) is 0 Å². The van der Waals surface area contributed by atoms with E-state index in [2.05, 4.69) is 9.71 Å². The summed E-state index contributed by atoms with van der Waals surface area (Å²) in [7, 11) is -3.66. The van der Waals surface area contributed by atoms with Gasteiger partial charge in [0.2, 0.25) is 10.0 Å². The summed E-state index contributed by atoms with van der Waals surface area (Å²) < 4.78 is 26.1. The number of rotatable bonds is 5. The first-order chi connectivity index (χ1) is 8.49. The number of aromatic nitrogens is 1. The molecular formula is C10H10N2O4S2. The molecule has 0 saturated heterocycles. The molecule has 2 aromatic heterocycles. The van der Waals surface area contributed by atoms with Crippen LogP contribution < -0.4 is 4.72 Å². The first-order valence-corrected chi connectivity index (χ1v) is 7.23. The Bertz CT molecular complexity index is 643. The highest BCUT2D eigenvalue weighted by Gasteiger charge is 2.18. The van der Waals surface area contributed by atoms with Crippen molar-refractivity contribution in [1.82, 2.24) is 9.71 Å². The topological polar surface area (TPSA) is 99.3 Å². The molecule has 2 heterocycles. The average molecular weight is 286 g/mol. The van der Waals surface area contributed by atoms with Crippen LogP contribution in [0.5, 0.6) is 0 Å². The lowest BCUT2D eigenvalue weighted by Crippen LogP contribution is -2.22. The molecule has 2 aromatic rings. The van der Waals surface area contributed by atoms with Crippen molar-refractivity contribution in [2.75, 3.05) is 0 Å². The summed E-state index contributed by atoms with van der Waals surface area (Å²) in [4.78, 5) is 13.5. The van der Waals surface area contributed by atoms with Crippen LogP contribution in [0, 0.1) is 0 Å². The molecule has 18 heavy (non-hydrogen) atoms. The zero-order valence-electron chi connectivity index (χ0n) is 9.08. The lowest BCUT2D eigenvalue weighted by molar-refractivity contribution is 0.0702. The molecule has 0 atom stereocenters. The van der Waals surface area contributed by atoms with Gasteiger partial charge in [0, 0.05) is 18.9 Å². The van der Waals surface area contributed by atoms with Crippen LogP contribution in [-0.4, -0.2) is 24.5 Å². The number of carbonyl (C=O) groups is 1. The normalized spacial score (nSPS) is 11.6. The number of sulfonamides is 1. The Kier molecular flexibility index (Phi) is 3.50. The summed E-state index contributed by atoms with van der Waals surface area (Å²) in [5.74, 6) is -1.13. The number of carboxylic acid groups (broad SMARTS) is 1. The number of thiophene rings is 1. The standard InChI is InChI=1S/C10H10N2O4S2/c13-10(14)8-1-2-9(17-8)18(15,16)12-6-7-3-4-11-5-7/h1-5,11-12H,6H2,(H,13,14). The molecule has 0 aliphatic heterocycles. The Balaban J connectivity index is 2.12. The van der Waals surface area contributed by atoms with Gasteiger partial charge >= 0.3 is 5.97 Å². The van der Waals surface area contributed by atoms with Crippen molar-refractivity contribution in [1.29, 1.82) is 0 Å². The highest BCUT2D eigenvalue weighted by molar-refractivity contribution is 7.91. The summed E-state index contributed by atoms with van der Waals surface area (Å²) >= 11 is 0.727. The third-order valence-corrected chi connectivity index (χ3v) is 5.15. The number of H-pyrrole nitrogens is 1. The van der Waals surface area contributed by atoms with E-state index in [1.165, 1.54) is 12.1 Å². The molecule has 2 rings (SSSR count). The van der Waals surface area contributed by atoms with E-state index in [-0.39, 0.29) is 15.6 Å². The fraction of sp³-hybridized carbons (Fsp3) is 0.100. The molecule has 0 aromatic carbocycles. The predicted octanol–water partition coefficient (Wildman–Crippen LogP) is 1.25. The average Bonchev–Trinajstić information content (AvgIpc) is 2.98. The molecule has 8 heteroatoms. The highest BCUT2D eigenvalue weighted by Crippen LogP contribution is 2.21. The second kappa shape index (κ2) is 4.92. The largest absolute Gasteiger partial charge is 0.477 e. The van der Waals surface area contributed by atoms with Gasteiger partial charge in [-0.1, -0.05) is 0 Å². The molecule has 3 N–H and O–H groups in total. The summed E-state index contributed by atoms with van der Waals surface area (Å²) in [6, 6.07) is 4.31. The Hall–Kier alpha value is -1.64. The molecule has 0 saturated carbocycles. The number of nitrogens with one attached hydrogen (secondary N) is 2. The van der Waals surface area contributed by atoms with Gasteiger partial charge in [-0.05, 0) is 23.8 Å². The van der Waals surface area contributed by atoms with E-state index in [9.17, 15) is 13.2 Å². The van der Waals surface area contributed by atoms with E-state index in [1.54, 1.807) is 18.5 Å². The van der Waals surface area contributed by atoms with Gasteiger partial charge in [0.25, 0.3) is 0 Å². The molecule has 96 valence electrons. The van der Waals surface area contributed by atoms with E-state index in [4.69, 9.17) is 5.11 Å². The fourth-order valence-electron chi connectivity index (χ4n) is 1.30. The van der Waals surface area contributed by atoms with Crippen LogP contribution >= 0.6 is 11.3 Å². The number of aromatic amines is 1. The zero-order chi connectivity index (χ0) is 13.2. The summed E-state index contributed by atoms with van der Waals surface area (Å²) in [5, 5.41) is 8.74. The third-order valence-electron chi connectivity index (χ3n) is 2.19. The van der Waals surface area contributed by atoms with Gasteiger partial charge in [-0.25, -0.2) is 17.9 Å². The van der Waals surface area contributed by atoms with E-state index >= 15 is 0 Å². The molecule has 0 aliphatic rings. The lowest BCUT2D eigenvalue weighted by Gasteiger charge is -2.02. The SMILES string of the molecule is O=C(O)c1ccc(S(=O)(=O)NCc2cc[nH]c2)s1. The Morgan fingerprint density at radius 2 is 2.17 bits per heavy atom. The van der Waals surface area contributed by atoms with Gasteiger partial charge in [0.1, 0.15) is 9.09 Å². The van der Waals surface area contributed by atoms with Gasteiger partial charge in [-0.15, -0.1) is 11.3 Å². The smallest absolute Gasteiger partial charge is 0.345 e. The molecule has 6 nitrogen and oxygen atoms in total. The molecule has 0 fully saturated rings. The van der Waals surface area contributed by atoms with E-state index in [0.29, 0.717) is 0 Å². The van der Waals surface area contributed by atoms with Crippen molar-refractivity contribution in [3.63, 3.8) is 0 Å². The van der Waals surface area contributed by atoms with Crippen molar-refractivity contribution in [2.24, 2.45) is 0 Å². The van der Waals surface area contributed by atoms with Crippen molar-refractivity contribution in [2.45, 2.75) is 10.8 Å². The number of carboxylic acids is 1. The summed E-state index contributed by atoms with van der Waals surface area (Å²) in [6.45, 7) is 0.159. The molecule has 0 radical (unpaired) electrons. The first kappa shape index (κ1) is 12.8. The lowest BCUT2D eigenvalue weighted by atomic mass is 10.4. The number of aromatic carboxylic acids is 1. The van der Waals surface area contributed by atoms with Crippen molar-refractivity contribution >= 4 is 27.3 Å². The van der Waals surface area contributed by atoms with E-state index in [0.717, 1.165) is 16.9 Å². The van der Waals surface area contributed by atoms with Gasteiger partial charge in [-0.2, -0.15) is 0 Å². The van der Waals surface area contributed by atoms with Crippen molar-refractivity contribution in [3.05, 3.63) is 41.0 Å². The van der Waals surface area contributed by atoms with Crippen LogP contribution in [0.1, 0.15) is 15.2 Å². The highest BCUT2D eigenvalue weighted by atomic mass is 32.2. The Labute approximate surface area is 107 Å². The minimum Gasteiger partial charge on any atom is -0.477 e. The minimum atomic E-state index is -3.66. The van der Waals surface area contributed by atoms with Gasteiger partial charge < -0.3 is 10.1 Å². The summed E-state index contributed by atoms with van der Waals surface area (Å²) in [5.41, 5.74) is 0.800. The Morgan fingerprint density at radius 1 is 1.39 bits per heavy atom. The fourth-order valence-corrected chi connectivity index (χ4v) is 3.50. The molecule has 0 amide bonds.